The summed E-state index contributed by atoms with van der Waals surface area (Å²) in [5.74, 6) is 1.11. The number of hydrogen-bond donors (Lipinski definition) is 3. The van der Waals surface area contributed by atoms with Crippen LogP contribution < -0.4 is 16.0 Å². The quantitative estimate of drug-likeness (QED) is 0.378. The normalized spacial score (nSPS) is 14.8. The zero-order valence-electron chi connectivity index (χ0n) is 18.6. The number of piperidine rings is 1. The Morgan fingerprint density at radius 2 is 1.97 bits per heavy atom. The van der Waals surface area contributed by atoms with Gasteiger partial charge in [-0.25, -0.2) is 14.4 Å². The summed E-state index contributed by atoms with van der Waals surface area (Å²) in [4.78, 5) is 15.3. The smallest absolute Gasteiger partial charge is 0.144 e. The molecular formula is C25H26ClFN6. The van der Waals surface area contributed by atoms with E-state index in [-0.39, 0.29) is 11.9 Å². The molecule has 0 unspecified atom stereocenters. The minimum Gasteiger partial charge on any atom is -0.372 e. The average molecular weight is 465 g/mol. The SMILES string of the molecule is CNc1ncc(-c2cc(C)cc(F)c2)c(N2CCC(N)CC2)c1-c1nc2cc(Cl)ccc2[nH]1. The van der Waals surface area contributed by atoms with Gasteiger partial charge in [-0.3, -0.25) is 0 Å². The summed E-state index contributed by atoms with van der Waals surface area (Å²) < 4.78 is 14.4. The molecule has 0 radical (unpaired) electrons. The highest BCUT2D eigenvalue weighted by molar-refractivity contribution is 6.31. The summed E-state index contributed by atoms with van der Waals surface area (Å²) >= 11 is 6.20. The van der Waals surface area contributed by atoms with Crippen molar-refractivity contribution in [2.45, 2.75) is 25.8 Å². The molecule has 0 spiro atoms. The Labute approximate surface area is 197 Å². The first-order valence-electron chi connectivity index (χ1n) is 11.1. The van der Waals surface area contributed by atoms with Gasteiger partial charge in [0.15, 0.2) is 0 Å². The van der Waals surface area contributed by atoms with Crippen LogP contribution in [0.3, 0.4) is 0 Å². The van der Waals surface area contributed by atoms with Crippen LogP contribution in [0.15, 0.2) is 42.6 Å². The maximum Gasteiger partial charge on any atom is 0.144 e. The third-order valence-corrected chi connectivity index (χ3v) is 6.41. The number of rotatable bonds is 4. The number of aromatic amines is 1. The molecule has 4 aromatic rings. The largest absolute Gasteiger partial charge is 0.372 e. The number of benzene rings is 2. The van der Waals surface area contributed by atoms with Gasteiger partial charge < -0.3 is 20.9 Å². The molecule has 2 aromatic heterocycles. The van der Waals surface area contributed by atoms with E-state index in [2.05, 4.69) is 15.2 Å². The van der Waals surface area contributed by atoms with Gasteiger partial charge >= 0.3 is 0 Å². The predicted octanol–water partition coefficient (Wildman–Crippen LogP) is 5.36. The molecule has 0 bridgehead atoms. The molecule has 0 atom stereocenters. The van der Waals surface area contributed by atoms with Gasteiger partial charge in [0.1, 0.15) is 17.5 Å². The van der Waals surface area contributed by atoms with Gasteiger partial charge in [0.05, 0.1) is 22.3 Å². The molecule has 6 nitrogen and oxygen atoms in total. The summed E-state index contributed by atoms with van der Waals surface area (Å²) in [6.45, 7) is 3.49. The van der Waals surface area contributed by atoms with Crippen LogP contribution in [0, 0.1) is 12.7 Å². The van der Waals surface area contributed by atoms with E-state index in [1.807, 2.05) is 44.4 Å². The molecule has 1 aliphatic heterocycles. The molecule has 1 fully saturated rings. The first-order chi connectivity index (χ1) is 15.9. The van der Waals surface area contributed by atoms with Crippen LogP contribution in [-0.4, -0.2) is 41.1 Å². The Bertz CT molecular complexity index is 1310. The number of H-pyrrole nitrogens is 1. The van der Waals surface area contributed by atoms with E-state index in [9.17, 15) is 4.39 Å². The summed E-state index contributed by atoms with van der Waals surface area (Å²) in [7, 11) is 1.84. The number of nitrogens with zero attached hydrogens (tertiary/aromatic N) is 3. The van der Waals surface area contributed by atoms with E-state index in [1.165, 1.54) is 6.07 Å². The molecule has 0 amide bonds. The highest BCUT2D eigenvalue weighted by atomic mass is 35.5. The molecule has 5 rings (SSSR count). The molecular weight excluding hydrogens is 439 g/mol. The number of pyridine rings is 1. The van der Waals surface area contributed by atoms with Crippen LogP contribution in [-0.2, 0) is 0 Å². The molecule has 170 valence electrons. The second-order valence-electron chi connectivity index (χ2n) is 8.58. The fourth-order valence-corrected chi connectivity index (χ4v) is 4.73. The lowest BCUT2D eigenvalue weighted by Gasteiger charge is -2.35. The molecule has 3 heterocycles. The summed E-state index contributed by atoms with van der Waals surface area (Å²) in [6, 6.07) is 10.8. The lowest BCUT2D eigenvalue weighted by molar-refractivity contribution is 0.501. The Morgan fingerprint density at radius 3 is 2.70 bits per heavy atom. The van der Waals surface area contributed by atoms with Crippen molar-refractivity contribution in [1.29, 1.82) is 0 Å². The molecule has 4 N–H and O–H groups in total. The van der Waals surface area contributed by atoms with E-state index in [0.717, 1.165) is 64.9 Å². The van der Waals surface area contributed by atoms with E-state index < -0.39 is 0 Å². The zero-order chi connectivity index (χ0) is 23.1. The summed E-state index contributed by atoms with van der Waals surface area (Å²) in [5.41, 5.74) is 12.2. The van der Waals surface area contributed by atoms with Gasteiger partial charge in [0, 0.05) is 43.0 Å². The minimum absolute atomic E-state index is 0.184. The highest BCUT2D eigenvalue weighted by Crippen LogP contribution is 2.43. The molecule has 0 aliphatic carbocycles. The number of nitrogens with two attached hydrogens (primary N) is 1. The van der Waals surface area contributed by atoms with Crippen LogP contribution in [0.25, 0.3) is 33.5 Å². The number of hydrogen-bond acceptors (Lipinski definition) is 5. The molecule has 2 aromatic carbocycles. The van der Waals surface area contributed by atoms with Gasteiger partial charge in [0.25, 0.3) is 0 Å². The van der Waals surface area contributed by atoms with E-state index in [1.54, 1.807) is 6.07 Å². The third kappa shape index (κ3) is 4.14. The van der Waals surface area contributed by atoms with Crippen molar-refractivity contribution >= 4 is 34.1 Å². The number of nitrogens with one attached hydrogen (secondary N) is 2. The van der Waals surface area contributed by atoms with E-state index in [4.69, 9.17) is 27.3 Å². The Morgan fingerprint density at radius 1 is 1.18 bits per heavy atom. The van der Waals surface area contributed by atoms with Gasteiger partial charge in [-0.2, -0.15) is 0 Å². The number of aromatic nitrogens is 3. The first kappa shape index (κ1) is 21.7. The fraction of sp³-hybridized carbons (Fsp3) is 0.280. The number of aryl methyl sites for hydroxylation is 1. The minimum atomic E-state index is -0.269. The Balaban J connectivity index is 1.78. The molecule has 1 aliphatic rings. The summed E-state index contributed by atoms with van der Waals surface area (Å²) in [5, 5.41) is 3.84. The van der Waals surface area contributed by atoms with E-state index in [0.29, 0.717) is 16.7 Å². The standard InChI is InChI=1S/C25H26ClFN6/c1-14-9-15(11-17(27)10-14)19-13-30-24(29-2)22(23(19)33-7-5-18(28)6-8-33)25-31-20-4-3-16(26)12-21(20)32-25/h3-4,9-13,18H,5-8,28H2,1-2H3,(H,29,30)(H,31,32). The van der Waals surface area contributed by atoms with Gasteiger partial charge in [-0.15, -0.1) is 0 Å². The molecule has 0 saturated carbocycles. The maximum absolute atomic E-state index is 14.4. The topological polar surface area (TPSA) is 82.9 Å². The van der Waals surface area contributed by atoms with Gasteiger partial charge in [-0.05, 0) is 61.2 Å². The first-order valence-corrected chi connectivity index (χ1v) is 11.4. The Kier molecular flexibility index (Phi) is 5.68. The van der Waals surface area contributed by atoms with Gasteiger partial charge in [-0.1, -0.05) is 17.7 Å². The monoisotopic (exact) mass is 464 g/mol. The maximum atomic E-state index is 14.4. The third-order valence-electron chi connectivity index (χ3n) is 6.18. The Hall–Kier alpha value is -3.16. The van der Waals surface area contributed by atoms with Crippen LogP contribution in [0.4, 0.5) is 15.9 Å². The number of imidazole rings is 1. The van der Waals surface area contributed by atoms with Crippen LogP contribution in [0.1, 0.15) is 18.4 Å². The molecule has 1 saturated heterocycles. The molecule has 8 heteroatoms. The average Bonchev–Trinajstić information content (AvgIpc) is 3.20. The van der Waals surface area contributed by atoms with Crippen molar-refractivity contribution in [2.75, 3.05) is 30.4 Å². The zero-order valence-corrected chi connectivity index (χ0v) is 19.4. The van der Waals surface area contributed by atoms with Crippen molar-refractivity contribution in [3.63, 3.8) is 0 Å². The predicted molar refractivity (Wildman–Crippen MR) is 133 cm³/mol. The number of anilines is 2. The van der Waals surface area contributed by atoms with Crippen molar-refractivity contribution in [1.82, 2.24) is 15.0 Å². The van der Waals surface area contributed by atoms with Crippen LogP contribution >= 0.6 is 11.6 Å². The van der Waals surface area contributed by atoms with Crippen LogP contribution in [0.5, 0.6) is 0 Å². The highest BCUT2D eigenvalue weighted by Gasteiger charge is 2.27. The second kappa shape index (κ2) is 8.65. The lowest BCUT2D eigenvalue weighted by atomic mass is 9.96. The van der Waals surface area contributed by atoms with Gasteiger partial charge in [0.2, 0.25) is 0 Å². The van der Waals surface area contributed by atoms with Crippen molar-refractivity contribution in [2.24, 2.45) is 5.73 Å². The summed E-state index contributed by atoms with van der Waals surface area (Å²) in [6.07, 6.45) is 3.58. The lowest BCUT2D eigenvalue weighted by Crippen LogP contribution is -2.40. The van der Waals surface area contributed by atoms with Crippen molar-refractivity contribution < 1.29 is 4.39 Å². The van der Waals surface area contributed by atoms with Crippen LogP contribution in [0.2, 0.25) is 5.02 Å². The van der Waals surface area contributed by atoms with E-state index >= 15 is 0 Å². The number of fused-ring (bicyclic) bond motifs is 1. The number of halogens is 2. The molecule has 33 heavy (non-hydrogen) atoms. The fourth-order valence-electron chi connectivity index (χ4n) is 4.57. The van der Waals surface area contributed by atoms with Crippen molar-refractivity contribution in [3.05, 3.63) is 59.0 Å². The van der Waals surface area contributed by atoms with Crippen molar-refractivity contribution in [3.8, 4) is 22.5 Å². The second-order valence-corrected chi connectivity index (χ2v) is 9.02.